The van der Waals surface area contributed by atoms with E-state index in [0.29, 0.717) is 35.8 Å². The molecule has 2 atom stereocenters. The number of benzene rings is 1. The third-order valence-electron chi connectivity index (χ3n) is 6.22. The van der Waals surface area contributed by atoms with Crippen LogP contribution in [0, 0.1) is 0 Å². The first kappa shape index (κ1) is 28.2. The normalized spacial score (nSPS) is 17.9. The molecule has 0 aliphatic heterocycles. The predicted molar refractivity (Wildman–Crippen MR) is 141 cm³/mol. The quantitative estimate of drug-likeness (QED) is 0.427. The number of hydrogen-bond acceptors (Lipinski definition) is 6. The number of nitrogens with zero attached hydrogens (tertiary/aromatic N) is 2. The molecule has 1 heterocycles. The molecule has 0 N–H and O–H groups in total. The maximum atomic E-state index is 13.0. The van der Waals surface area contributed by atoms with Gasteiger partial charge in [0, 0.05) is 26.1 Å². The highest BCUT2D eigenvalue weighted by molar-refractivity contribution is 6.34. The van der Waals surface area contributed by atoms with Gasteiger partial charge >= 0.3 is 11.9 Å². The molecule has 7 nitrogen and oxygen atoms in total. The topological polar surface area (TPSA) is 77.8 Å². The highest BCUT2D eigenvalue weighted by atomic mass is 35.5. The number of carbonyl (C=O) groups excluding carboxylic acids is 2. The lowest BCUT2D eigenvalue weighted by Gasteiger charge is -2.30. The summed E-state index contributed by atoms with van der Waals surface area (Å²) in [6.07, 6.45) is 3.04. The van der Waals surface area contributed by atoms with Crippen molar-refractivity contribution in [3.8, 4) is 0 Å². The minimum atomic E-state index is -0.566. The van der Waals surface area contributed by atoms with E-state index in [-0.39, 0.29) is 34.7 Å². The first-order valence-corrected chi connectivity index (χ1v) is 12.9. The van der Waals surface area contributed by atoms with Crippen molar-refractivity contribution in [3.05, 3.63) is 67.6 Å². The van der Waals surface area contributed by atoms with E-state index >= 15 is 0 Å². The van der Waals surface area contributed by atoms with Crippen molar-refractivity contribution in [1.29, 1.82) is 0 Å². The van der Waals surface area contributed by atoms with Crippen LogP contribution < -0.4 is 5.56 Å². The number of likely N-dealkylation sites (N-methyl/N-ethyl adjacent to an activating group) is 1. The van der Waals surface area contributed by atoms with Gasteiger partial charge in [-0.3, -0.25) is 14.5 Å². The van der Waals surface area contributed by atoms with Crippen LogP contribution in [0.25, 0.3) is 0 Å². The first-order valence-electron chi connectivity index (χ1n) is 12.1. The Hall–Kier alpha value is -2.35. The summed E-state index contributed by atoms with van der Waals surface area (Å²) in [5, 5.41) is 0.471. The molecule has 1 aromatic heterocycles. The predicted octanol–water partition coefficient (Wildman–Crippen LogP) is 5.27. The van der Waals surface area contributed by atoms with Crippen molar-refractivity contribution >= 4 is 35.1 Å². The minimum absolute atomic E-state index is 0.0459. The van der Waals surface area contributed by atoms with Crippen LogP contribution in [-0.4, -0.2) is 46.2 Å². The van der Waals surface area contributed by atoms with Gasteiger partial charge in [0.2, 0.25) is 0 Å². The summed E-state index contributed by atoms with van der Waals surface area (Å²) in [6, 6.07) is 8.68. The third-order valence-corrected chi connectivity index (χ3v) is 6.82. The van der Waals surface area contributed by atoms with Gasteiger partial charge in [0.05, 0.1) is 16.3 Å². The van der Waals surface area contributed by atoms with Crippen molar-refractivity contribution in [1.82, 2.24) is 9.47 Å². The molecule has 0 spiro atoms. The largest absolute Gasteiger partial charge is 0.461 e. The van der Waals surface area contributed by atoms with Crippen LogP contribution in [0.4, 0.5) is 0 Å². The zero-order chi connectivity index (χ0) is 26.6. The van der Waals surface area contributed by atoms with Gasteiger partial charge < -0.3 is 14.0 Å². The summed E-state index contributed by atoms with van der Waals surface area (Å²) in [7, 11) is 1.95. The second kappa shape index (κ2) is 11.8. The number of halogens is 2. The molecule has 9 heteroatoms. The molecule has 3 rings (SSSR count). The van der Waals surface area contributed by atoms with E-state index in [9.17, 15) is 14.4 Å². The van der Waals surface area contributed by atoms with Crippen molar-refractivity contribution in [2.75, 3.05) is 7.05 Å². The lowest BCUT2D eigenvalue weighted by molar-refractivity contribution is -0.148. The summed E-state index contributed by atoms with van der Waals surface area (Å²) in [5.74, 6) is -0.671. The summed E-state index contributed by atoms with van der Waals surface area (Å²) in [6.45, 7) is 7.67. The Kier molecular flexibility index (Phi) is 9.25. The number of rotatable bonds is 8. The van der Waals surface area contributed by atoms with Crippen LogP contribution >= 0.6 is 23.2 Å². The second-order valence-electron chi connectivity index (χ2n) is 10.3. The molecule has 0 amide bonds. The Morgan fingerprint density at radius 1 is 1.11 bits per heavy atom. The number of aromatic nitrogens is 1. The molecule has 0 bridgehead atoms. The Balaban J connectivity index is 1.76. The number of pyridine rings is 1. The van der Waals surface area contributed by atoms with Gasteiger partial charge in [0.1, 0.15) is 16.7 Å². The number of aryl methyl sites for hydroxylation is 1. The molecule has 0 unspecified atom stereocenters. The molecule has 1 fully saturated rings. The highest BCUT2D eigenvalue weighted by Gasteiger charge is 2.33. The van der Waals surface area contributed by atoms with Gasteiger partial charge in [0.25, 0.3) is 5.56 Å². The standard InChI is InChI=1S/C27H34Cl2N2O5/c1-17(32)35-24-8-6-7-22(24)30(5)16-23-20(28)15-21(29)25(33)31(23)14-13-18-9-11-19(12-10-18)26(34)36-27(2,3)4/h9-12,15,22,24H,6-8,13-14,16H2,1-5H3/t22-,24-/m1/s1. The van der Waals surface area contributed by atoms with Gasteiger partial charge in [-0.2, -0.15) is 0 Å². The molecule has 1 aliphatic carbocycles. The van der Waals surface area contributed by atoms with Crippen LogP contribution in [0.1, 0.15) is 68.6 Å². The van der Waals surface area contributed by atoms with Crippen LogP contribution in [0.2, 0.25) is 10.0 Å². The molecular weight excluding hydrogens is 503 g/mol. The third kappa shape index (κ3) is 7.34. The van der Waals surface area contributed by atoms with Crippen LogP contribution in [0.5, 0.6) is 0 Å². The van der Waals surface area contributed by atoms with E-state index < -0.39 is 5.60 Å². The molecule has 2 aromatic rings. The zero-order valence-corrected chi connectivity index (χ0v) is 23.0. The Morgan fingerprint density at radius 2 is 1.78 bits per heavy atom. The molecular formula is C27H34Cl2N2O5. The SMILES string of the molecule is CC(=O)O[C@@H]1CCC[C@H]1N(C)Cc1c(Cl)cc(Cl)c(=O)n1CCc1ccc(C(=O)OC(C)(C)C)cc1. The molecule has 1 aliphatic rings. The smallest absolute Gasteiger partial charge is 0.338 e. The Labute approximate surface area is 222 Å². The summed E-state index contributed by atoms with van der Waals surface area (Å²) in [4.78, 5) is 38.8. The molecule has 1 aromatic carbocycles. The fraction of sp³-hybridized carbons (Fsp3) is 0.519. The lowest BCUT2D eigenvalue weighted by atomic mass is 10.1. The Morgan fingerprint density at radius 3 is 2.39 bits per heavy atom. The number of hydrogen-bond donors (Lipinski definition) is 0. The first-order chi connectivity index (χ1) is 16.9. The number of ether oxygens (including phenoxy) is 2. The number of carbonyl (C=O) groups is 2. The lowest BCUT2D eigenvalue weighted by Crippen LogP contribution is -2.40. The van der Waals surface area contributed by atoms with Gasteiger partial charge in [-0.25, -0.2) is 4.79 Å². The summed E-state index contributed by atoms with van der Waals surface area (Å²) >= 11 is 12.7. The maximum absolute atomic E-state index is 13.0. The van der Waals surface area contributed by atoms with Gasteiger partial charge in [-0.1, -0.05) is 35.3 Å². The van der Waals surface area contributed by atoms with Gasteiger partial charge in [0.15, 0.2) is 0 Å². The highest BCUT2D eigenvalue weighted by Crippen LogP contribution is 2.29. The van der Waals surface area contributed by atoms with E-state index in [1.807, 2.05) is 40.0 Å². The minimum Gasteiger partial charge on any atom is -0.461 e. The van der Waals surface area contributed by atoms with Crippen molar-refractivity contribution in [2.24, 2.45) is 0 Å². The van der Waals surface area contributed by atoms with Crippen LogP contribution in [0.3, 0.4) is 0 Å². The molecule has 196 valence electrons. The van der Waals surface area contributed by atoms with Crippen molar-refractivity contribution < 1.29 is 19.1 Å². The van der Waals surface area contributed by atoms with Crippen LogP contribution in [-0.2, 0) is 33.8 Å². The van der Waals surface area contributed by atoms with E-state index in [1.54, 1.807) is 16.7 Å². The second-order valence-corrected chi connectivity index (χ2v) is 11.1. The number of esters is 2. The van der Waals surface area contributed by atoms with Gasteiger partial charge in [-0.15, -0.1) is 0 Å². The Bertz CT molecular complexity index is 1150. The summed E-state index contributed by atoms with van der Waals surface area (Å²) in [5.41, 5.74) is 1.21. The molecule has 1 saturated carbocycles. The average Bonchev–Trinajstić information content (AvgIpc) is 3.23. The zero-order valence-electron chi connectivity index (χ0n) is 21.5. The van der Waals surface area contributed by atoms with Crippen molar-refractivity contribution in [3.63, 3.8) is 0 Å². The van der Waals surface area contributed by atoms with Gasteiger partial charge in [-0.05, 0) is 77.3 Å². The maximum Gasteiger partial charge on any atom is 0.338 e. The fourth-order valence-corrected chi connectivity index (χ4v) is 5.07. The van der Waals surface area contributed by atoms with E-state index in [2.05, 4.69) is 4.90 Å². The summed E-state index contributed by atoms with van der Waals surface area (Å²) < 4.78 is 12.5. The van der Waals surface area contributed by atoms with E-state index in [0.717, 1.165) is 24.8 Å². The molecule has 0 saturated heterocycles. The average molecular weight is 537 g/mol. The van der Waals surface area contributed by atoms with Crippen LogP contribution in [0.15, 0.2) is 35.1 Å². The molecule has 0 radical (unpaired) electrons. The molecule has 36 heavy (non-hydrogen) atoms. The monoisotopic (exact) mass is 536 g/mol. The fourth-order valence-electron chi connectivity index (χ4n) is 4.53. The van der Waals surface area contributed by atoms with E-state index in [1.165, 1.54) is 13.0 Å². The van der Waals surface area contributed by atoms with E-state index in [4.69, 9.17) is 32.7 Å². The van der Waals surface area contributed by atoms with Crippen molar-refractivity contribution in [2.45, 2.75) is 84.2 Å².